The van der Waals surface area contributed by atoms with Crippen LogP contribution in [0.3, 0.4) is 0 Å². The highest BCUT2D eigenvalue weighted by Gasteiger charge is 2.33. The molecule has 0 radical (unpaired) electrons. The Hall–Kier alpha value is -1.60. The second kappa shape index (κ2) is 5.31. The van der Waals surface area contributed by atoms with Gasteiger partial charge in [-0.2, -0.15) is 13.5 Å². The molecule has 0 spiro atoms. The van der Waals surface area contributed by atoms with E-state index in [4.69, 9.17) is 17.3 Å². The van der Waals surface area contributed by atoms with Crippen LogP contribution in [0.1, 0.15) is 20.8 Å². The maximum Gasteiger partial charge on any atom is 0.285 e. The predicted octanol–water partition coefficient (Wildman–Crippen LogP) is 2.06. The van der Waals surface area contributed by atoms with E-state index in [0.29, 0.717) is 11.6 Å². The first kappa shape index (κ1) is 15.8. The van der Waals surface area contributed by atoms with Gasteiger partial charge in [0.1, 0.15) is 0 Å². The van der Waals surface area contributed by atoms with Crippen LogP contribution >= 0.6 is 11.6 Å². The fraction of sp³-hybridized carbons (Fsp3) is 0.385. The van der Waals surface area contributed by atoms with Crippen molar-refractivity contribution in [2.45, 2.75) is 25.7 Å². The number of nitrogens with two attached hydrogens (primary N) is 1. The molecule has 1 aliphatic heterocycles. The lowest BCUT2D eigenvalue weighted by Crippen LogP contribution is -2.36. The molecule has 0 bridgehead atoms. The Morgan fingerprint density at radius 1 is 1.48 bits per heavy atom. The van der Waals surface area contributed by atoms with Crippen LogP contribution in [0.25, 0.3) is 0 Å². The van der Waals surface area contributed by atoms with Crippen molar-refractivity contribution in [2.75, 3.05) is 6.54 Å². The number of sulfonamides is 1. The van der Waals surface area contributed by atoms with Gasteiger partial charge in [0.15, 0.2) is 0 Å². The number of nitrogens with zero attached hydrogens (tertiary/aromatic N) is 3. The first-order chi connectivity index (χ1) is 9.62. The summed E-state index contributed by atoms with van der Waals surface area (Å²) in [6.45, 7) is 6.37. The largest absolute Gasteiger partial charge is 0.367 e. The van der Waals surface area contributed by atoms with Gasteiger partial charge in [0.25, 0.3) is 10.0 Å². The number of hydrogen-bond donors (Lipinski definition) is 1. The van der Waals surface area contributed by atoms with E-state index >= 15 is 0 Å². The molecule has 2 rings (SSSR count). The zero-order valence-corrected chi connectivity index (χ0v) is 13.6. The summed E-state index contributed by atoms with van der Waals surface area (Å²) in [7, 11) is -3.91. The van der Waals surface area contributed by atoms with Crippen LogP contribution in [0.15, 0.2) is 38.7 Å². The van der Waals surface area contributed by atoms with Gasteiger partial charge in [-0.25, -0.2) is 5.01 Å². The molecule has 2 N–H and O–H groups in total. The number of rotatable bonds is 2. The predicted molar refractivity (Wildman–Crippen MR) is 83.9 cm³/mol. The minimum absolute atomic E-state index is 0.00268. The zero-order chi connectivity index (χ0) is 15.8. The van der Waals surface area contributed by atoms with Crippen LogP contribution < -0.4 is 5.73 Å². The molecule has 0 unspecified atom stereocenters. The topological polar surface area (TPSA) is 88.1 Å². The van der Waals surface area contributed by atoms with E-state index in [1.54, 1.807) is 12.1 Å². The minimum Gasteiger partial charge on any atom is -0.367 e. The third-order valence-electron chi connectivity index (χ3n) is 3.37. The summed E-state index contributed by atoms with van der Waals surface area (Å²) in [6, 6.07) is 5.88. The van der Waals surface area contributed by atoms with Gasteiger partial charge in [-0.05, 0) is 25.1 Å². The zero-order valence-electron chi connectivity index (χ0n) is 12.0. The summed E-state index contributed by atoms with van der Waals surface area (Å²) in [6.07, 6.45) is 0. The van der Waals surface area contributed by atoms with Crippen LogP contribution in [0.2, 0.25) is 5.02 Å². The summed E-state index contributed by atoms with van der Waals surface area (Å²) in [4.78, 5) is -0.00268. The highest BCUT2D eigenvalue weighted by Crippen LogP contribution is 2.26. The molecule has 1 heterocycles. The second-order valence-corrected chi connectivity index (χ2v) is 7.55. The monoisotopic (exact) mass is 328 g/mol. The SMILES string of the molecule is CC1=NN(/C(N)=N/S(=O)(=O)c2cccc(Cl)c2)CC1(C)C. The molecule has 1 aromatic carbocycles. The van der Waals surface area contributed by atoms with E-state index in [0.717, 1.165) is 5.71 Å². The van der Waals surface area contributed by atoms with Crippen molar-refractivity contribution in [3.8, 4) is 0 Å². The van der Waals surface area contributed by atoms with Crippen molar-refractivity contribution in [1.29, 1.82) is 0 Å². The Bertz CT molecular complexity index is 725. The van der Waals surface area contributed by atoms with Crippen molar-refractivity contribution >= 4 is 33.3 Å². The van der Waals surface area contributed by atoms with Gasteiger partial charge in [0, 0.05) is 16.1 Å². The maximum atomic E-state index is 12.2. The van der Waals surface area contributed by atoms with E-state index in [2.05, 4.69) is 9.50 Å². The van der Waals surface area contributed by atoms with E-state index in [-0.39, 0.29) is 16.3 Å². The van der Waals surface area contributed by atoms with Crippen LogP contribution in [-0.4, -0.2) is 31.6 Å². The van der Waals surface area contributed by atoms with Gasteiger partial charge in [0.05, 0.1) is 11.4 Å². The molecule has 114 valence electrons. The maximum absolute atomic E-state index is 12.2. The van der Waals surface area contributed by atoms with Crippen molar-refractivity contribution in [3.05, 3.63) is 29.3 Å². The average Bonchev–Trinajstić information content (AvgIpc) is 2.63. The van der Waals surface area contributed by atoms with E-state index < -0.39 is 10.0 Å². The Morgan fingerprint density at radius 3 is 2.67 bits per heavy atom. The Labute approximate surface area is 129 Å². The molecule has 8 heteroatoms. The average molecular weight is 329 g/mol. The van der Waals surface area contributed by atoms with Crippen molar-refractivity contribution in [1.82, 2.24) is 5.01 Å². The van der Waals surface area contributed by atoms with Crippen LogP contribution in [0.5, 0.6) is 0 Å². The fourth-order valence-corrected chi connectivity index (χ4v) is 3.05. The van der Waals surface area contributed by atoms with Gasteiger partial charge in [-0.15, -0.1) is 4.40 Å². The van der Waals surface area contributed by atoms with Gasteiger partial charge in [-0.1, -0.05) is 31.5 Å². The summed E-state index contributed by atoms with van der Waals surface area (Å²) >= 11 is 5.79. The molecule has 1 aliphatic rings. The molecular formula is C13H17ClN4O2S. The molecule has 0 amide bonds. The van der Waals surface area contributed by atoms with Crippen LogP contribution in [0, 0.1) is 5.41 Å². The third-order valence-corrected chi connectivity index (χ3v) is 4.88. The minimum atomic E-state index is -3.91. The normalized spacial score (nSPS) is 18.8. The molecule has 0 aromatic heterocycles. The van der Waals surface area contributed by atoms with Gasteiger partial charge >= 0.3 is 0 Å². The van der Waals surface area contributed by atoms with Gasteiger partial charge in [0.2, 0.25) is 5.96 Å². The molecule has 6 nitrogen and oxygen atoms in total. The fourth-order valence-electron chi connectivity index (χ4n) is 1.82. The Balaban J connectivity index is 2.31. The van der Waals surface area contributed by atoms with Crippen molar-refractivity contribution in [2.24, 2.45) is 20.6 Å². The summed E-state index contributed by atoms with van der Waals surface area (Å²) in [5.41, 5.74) is 6.49. The lowest BCUT2D eigenvalue weighted by Gasteiger charge is -2.19. The summed E-state index contributed by atoms with van der Waals surface area (Å²) < 4.78 is 28.0. The molecule has 0 fully saturated rings. The second-order valence-electron chi connectivity index (χ2n) is 5.51. The van der Waals surface area contributed by atoms with Crippen LogP contribution in [0.4, 0.5) is 0 Å². The summed E-state index contributed by atoms with van der Waals surface area (Å²) in [5.74, 6) is -0.153. The molecule has 1 aromatic rings. The number of guanidine groups is 1. The van der Waals surface area contributed by atoms with E-state index in [1.165, 1.54) is 17.1 Å². The van der Waals surface area contributed by atoms with E-state index in [9.17, 15) is 8.42 Å². The molecule has 0 atom stereocenters. The third kappa shape index (κ3) is 3.36. The van der Waals surface area contributed by atoms with Crippen molar-refractivity contribution < 1.29 is 8.42 Å². The number of benzene rings is 1. The lowest BCUT2D eigenvalue weighted by molar-refractivity contribution is 0.381. The summed E-state index contributed by atoms with van der Waals surface area (Å²) in [5, 5.41) is 5.96. The first-order valence-corrected chi connectivity index (χ1v) is 8.13. The van der Waals surface area contributed by atoms with E-state index in [1.807, 2.05) is 20.8 Å². The molecule has 21 heavy (non-hydrogen) atoms. The Kier molecular flexibility index (Phi) is 3.99. The van der Waals surface area contributed by atoms with Crippen LogP contribution in [-0.2, 0) is 10.0 Å². The van der Waals surface area contributed by atoms with Gasteiger partial charge < -0.3 is 5.73 Å². The molecular weight excluding hydrogens is 312 g/mol. The molecule has 0 aliphatic carbocycles. The number of hydrogen-bond acceptors (Lipinski definition) is 3. The molecule has 0 saturated heterocycles. The quantitative estimate of drug-likeness (QED) is 0.665. The standard InChI is InChI=1S/C13H17ClN4O2S/c1-9-13(2,3)8-18(16-9)12(15)17-21(19,20)11-6-4-5-10(14)7-11/h4-7H,8H2,1-3H3,(H2,15,17). The Morgan fingerprint density at radius 2 is 2.14 bits per heavy atom. The molecule has 0 saturated carbocycles. The number of hydrazone groups is 1. The van der Waals surface area contributed by atoms with Crippen molar-refractivity contribution in [3.63, 3.8) is 0 Å². The highest BCUT2D eigenvalue weighted by molar-refractivity contribution is 7.90. The first-order valence-electron chi connectivity index (χ1n) is 6.31. The smallest absolute Gasteiger partial charge is 0.285 e. The van der Waals surface area contributed by atoms with Gasteiger partial charge in [-0.3, -0.25) is 0 Å². The highest BCUT2D eigenvalue weighted by atomic mass is 35.5. The number of halogens is 1. The lowest BCUT2D eigenvalue weighted by atomic mass is 9.89.